The van der Waals surface area contributed by atoms with E-state index in [1.165, 1.54) is 6.07 Å². The average Bonchev–Trinajstić information content (AvgIpc) is 2.80. The molecule has 1 aliphatic rings. The van der Waals surface area contributed by atoms with Gasteiger partial charge in [-0.25, -0.2) is 14.0 Å². The number of halogens is 1. The minimum absolute atomic E-state index is 0.138. The van der Waals surface area contributed by atoms with Gasteiger partial charge in [-0.05, 0) is 88.4 Å². The van der Waals surface area contributed by atoms with Crippen LogP contribution >= 0.6 is 0 Å². The van der Waals surface area contributed by atoms with E-state index in [0.29, 0.717) is 44.7 Å². The van der Waals surface area contributed by atoms with Crippen molar-refractivity contribution < 1.29 is 18.7 Å². The van der Waals surface area contributed by atoms with Gasteiger partial charge in [-0.1, -0.05) is 29.8 Å². The Morgan fingerprint density at radius 3 is 2.17 bits per heavy atom. The second-order valence-corrected chi connectivity index (χ2v) is 9.64. The number of nitrogens with zero attached hydrogens (tertiary/aromatic N) is 2. The summed E-state index contributed by atoms with van der Waals surface area (Å²) in [5, 5.41) is 2.93. The molecule has 3 rings (SSSR count). The fourth-order valence-corrected chi connectivity index (χ4v) is 4.19. The summed E-state index contributed by atoms with van der Waals surface area (Å²) in [6.45, 7) is 11.8. The standard InChI is InChI=1S/C28H36FN3O3/c1-6-31(7-2)26(33)30-24-13-11-20(12-14-24)25(22-9-8-10-23(29)19-22)21-15-17-32(18-16-21)27(34)35-28(3,4)5/h8-14,19H,6-7,15-18H2,1-5H3,(H,30,33). The van der Waals surface area contributed by atoms with Crippen LogP contribution in [0.1, 0.15) is 58.6 Å². The molecule has 1 saturated heterocycles. The van der Waals surface area contributed by atoms with E-state index < -0.39 is 5.60 Å². The number of rotatable bonds is 5. The number of hydrogen-bond acceptors (Lipinski definition) is 3. The molecule has 0 aliphatic carbocycles. The van der Waals surface area contributed by atoms with Gasteiger partial charge in [0.15, 0.2) is 0 Å². The number of urea groups is 1. The molecule has 0 unspecified atom stereocenters. The Morgan fingerprint density at radius 1 is 1.00 bits per heavy atom. The van der Waals surface area contributed by atoms with Gasteiger partial charge in [-0.15, -0.1) is 0 Å². The minimum Gasteiger partial charge on any atom is -0.444 e. The summed E-state index contributed by atoms with van der Waals surface area (Å²) in [5.41, 5.74) is 4.03. The molecule has 1 fully saturated rings. The minimum atomic E-state index is -0.539. The molecule has 0 bridgehead atoms. The highest BCUT2D eigenvalue weighted by Gasteiger charge is 2.26. The van der Waals surface area contributed by atoms with Gasteiger partial charge in [-0.3, -0.25) is 0 Å². The van der Waals surface area contributed by atoms with Gasteiger partial charge in [0.1, 0.15) is 11.4 Å². The highest BCUT2D eigenvalue weighted by atomic mass is 19.1. The summed E-state index contributed by atoms with van der Waals surface area (Å²) >= 11 is 0. The van der Waals surface area contributed by atoms with Gasteiger partial charge in [-0.2, -0.15) is 0 Å². The summed E-state index contributed by atoms with van der Waals surface area (Å²) in [5.74, 6) is -0.296. The highest BCUT2D eigenvalue weighted by molar-refractivity contribution is 5.90. The van der Waals surface area contributed by atoms with E-state index >= 15 is 0 Å². The summed E-state index contributed by atoms with van der Waals surface area (Å²) in [4.78, 5) is 28.3. The molecule has 1 N–H and O–H groups in total. The van der Waals surface area contributed by atoms with Gasteiger partial charge in [0.05, 0.1) is 0 Å². The zero-order chi connectivity index (χ0) is 25.6. The van der Waals surface area contributed by atoms with Crippen LogP contribution in [0.15, 0.2) is 54.1 Å². The first-order chi connectivity index (χ1) is 16.6. The van der Waals surface area contributed by atoms with Crippen molar-refractivity contribution >= 4 is 23.4 Å². The van der Waals surface area contributed by atoms with Crippen LogP contribution in [0.25, 0.3) is 5.57 Å². The first-order valence-electron chi connectivity index (χ1n) is 12.2. The molecule has 1 heterocycles. The predicted molar refractivity (Wildman–Crippen MR) is 138 cm³/mol. The van der Waals surface area contributed by atoms with Crippen molar-refractivity contribution in [2.45, 2.75) is 53.1 Å². The smallest absolute Gasteiger partial charge is 0.410 e. The quantitative estimate of drug-likeness (QED) is 0.528. The maximum absolute atomic E-state index is 14.1. The number of piperidine rings is 1. The molecule has 2 aromatic carbocycles. The Balaban J connectivity index is 1.86. The van der Waals surface area contributed by atoms with Crippen LogP contribution in [0.4, 0.5) is 19.7 Å². The monoisotopic (exact) mass is 481 g/mol. The Bertz CT molecular complexity index is 1060. The van der Waals surface area contributed by atoms with Gasteiger partial charge in [0.25, 0.3) is 0 Å². The fourth-order valence-electron chi connectivity index (χ4n) is 4.19. The van der Waals surface area contributed by atoms with Crippen molar-refractivity contribution in [3.05, 3.63) is 71.0 Å². The van der Waals surface area contributed by atoms with Crippen LogP contribution in [0, 0.1) is 5.82 Å². The van der Waals surface area contributed by atoms with Crippen molar-refractivity contribution in [1.82, 2.24) is 9.80 Å². The molecule has 0 atom stereocenters. The number of amides is 3. The molecule has 3 amide bonds. The largest absolute Gasteiger partial charge is 0.444 e. The topological polar surface area (TPSA) is 61.9 Å². The van der Waals surface area contributed by atoms with Crippen molar-refractivity contribution in [1.29, 1.82) is 0 Å². The van der Waals surface area contributed by atoms with E-state index in [1.807, 2.05) is 65.0 Å². The predicted octanol–water partition coefficient (Wildman–Crippen LogP) is 6.53. The zero-order valence-corrected chi connectivity index (χ0v) is 21.4. The maximum atomic E-state index is 14.1. The van der Waals surface area contributed by atoms with Gasteiger partial charge in [0, 0.05) is 31.9 Å². The first kappa shape index (κ1) is 26.3. The molecular formula is C28H36FN3O3. The highest BCUT2D eigenvalue weighted by Crippen LogP contribution is 2.33. The molecule has 2 aromatic rings. The second kappa shape index (κ2) is 11.4. The molecule has 0 saturated carbocycles. The van der Waals surface area contributed by atoms with Crippen LogP contribution in [0.5, 0.6) is 0 Å². The van der Waals surface area contributed by atoms with E-state index in [0.717, 1.165) is 22.3 Å². The number of ether oxygens (including phenoxy) is 1. The number of likely N-dealkylation sites (tertiary alicyclic amines) is 1. The Hall–Kier alpha value is -3.35. The summed E-state index contributed by atoms with van der Waals surface area (Å²) in [6, 6.07) is 14.1. The van der Waals surface area contributed by atoms with Crippen LogP contribution < -0.4 is 5.32 Å². The normalized spacial score (nSPS) is 13.9. The van der Waals surface area contributed by atoms with Gasteiger partial charge < -0.3 is 19.9 Å². The molecule has 0 spiro atoms. The van der Waals surface area contributed by atoms with Crippen molar-refractivity contribution in [3.63, 3.8) is 0 Å². The Kier molecular flexibility index (Phi) is 8.54. The maximum Gasteiger partial charge on any atom is 0.410 e. The fraction of sp³-hybridized carbons (Fsp3) is 0.429. The van der Waals surface area contributed by atoms with Crippen molar-refractivity contribution in [2.75, 3.05) is 31.5 Å². The first-order valence-corrected chi connectivity index (χ1v) is 12.2. The van der Waals surface area contributed by atoms with E-state index in [1.54, 1.807) is 21.9 Å². The molecule has 1 aliphatic heterocycles. The third kappa shape index (κ3) is 7.07. The number of hydrogen-bond donors (Lipinski definition) is 1. The molecule has 0 aromatic heterocycles. The molecule has 7 heteroatoms. The third-order valence-corrected chi connectivity index (χ3v) is 5.96. The van der Waals surface area contributed by atoms with Crippen LogP contribution in [-0.4, -0.2) is 53.7 Å². The lowest BCUT2D eigenvalue weighted by Crippen LogP contribution is -2.40. The lowest BCUT2D eigenvalue weighted by Gasteiger charge is -2.32. The van der Waals surface area contributed by atoms with E-state index in [-0.39, 0.29) is 17.9 Å². The number of carbonyl (C=O) groups excluding carboxylic acids is 2. The van der Waals surface area contributed by atoms with Crippen LogP contribution in [0.3, 0.4) is 0 Å². The Morgan fingerprint density at radius 2 is 1.63 bits per heavy atom. The van der Waals surface area contributed by atoms with Crippen molar-refractivity contribution in [2.24, 2.45) is 0 Å². The lowest BCUT2D eigenvalue weighted by atomic mass is 9.88. The van der Waals surface area contributed by atoms with Crippen LogP contribution in [-0.2, 0) is 4.74 Å². The average molecular weight is 482 g/mol. The number of benzene rings is 2. The molecule has 0 radical (unpaired) electrons. The van der Waals surface area contributed by atoms with E-state index in [9.17, 15) is 14.0 Å². The van der Waals surface area contributed by atoms with Crippen LogP contribution in [0.2, 0.25) is 0 Å². The number of carbonyl (C=O) groups is 2. The number of nitrogens with one attached hydrogen (secondary N) is 1. The third-order valence-electron chi connectivity index (χ3n) is 5.96. The van der Waals surface area contributed by atoms with Gasteiger partial charge in [0.2, 0.25) is 0 Å². The summed E-state index contributed by atoms with van der Waals surface area (Å²) in [6.07, 6.45) is 1.04. The number of anilines is 1. The lowest BCUT2D eigenvalue weighted by molar-refractivity contribution is 0.0236. The van der Waals surface area contributed by atoms with Crippen molar-refractivity contribution in [3.8, 4) is 0 Å². The molecule has 35 heavy (non-hydrogen) atoms. The molecular weight excluding hydrogens is 445 g/mol. The SMILES string of the molecule is CCN(CC)C(=O)Nc1ccc(C(=C2CCN(C(=O)OC(C)(C)C)CC2)c2cccc(F)c2)cc1. The molecule has 6 nitrogen and oxygen atoms in total. The zero-order valence-electron chi connectivity index (χ0n) is 21.4. The Labute approximate surface area is 207 Å². The summed E-state index contributed by atoms with van der Waals surface area (Å²) in [7, 11) is 0. The second-order valence-electron chi connectivity index (χ2n) is 9.64. The van der Waals surface area contributed by atoms with Gasteiger partial charge >= 0.3 is 12.1 Å². The summed E-state index contributed by atoms with van der Waals surface area (Å²) < 4.78 is 19.7. The van der Waals surface area contributed by atoms with E-state index in [2.05, 4.69) is 5.32 Å². The van der Waals surface area contributed by atoms with E-state index in [4.69, 9.17) is 4.74 Å². The molecule has 188 valence electrons.